The Morgan fingerprint density at radius 2 is 1.14 bits per heavy atom. The average Bonchev–Trinajstić information content (AvgIpc) is 0.811. The molecule has 0 rings (SSSR count). The summed E-state index contributed by atoms with van der Waals surface area (Å²) in [5.74, 6) is 0. The second kappa shape index (κ2) is 15.6. The first-order valence-corrected chi connectivity index (χ1v) is 1.50. The first kappa shape index (κ1) is 23.5. The maximum Gasteiger partial charge on any atom is 2.00 e. The molecule has 4 nitrogen and oxygen atoms in total. The van der Waals surface area contributed by atoms with Crippen LogP contribution in [0.5, 0.6) is 0 Å². The molecule has 0 aromatic carbocycles. The Kier molecular flexibility index (Phi) is 52.6. The third kappa shape index (κ3) is 95.8. The van der Waals surface area contributed by atoms with Crippen molar-refractivity contribution < 1.29 is 18.8 Å². The topological polar surface area (TPSA) is 91.7 Å². The third-order valence-electron chi connectivity index (χ3n) is 0. The van der Waals surface area contributed by atoms with Gasteiger partial charge in [0.2, 0.25) is 0 Å². The van der Waals surface area contributed by atoms with Gasteiger partial charge in [-0.3, -0.25) is 4.21 Å². The quantitative estimate of drug-likeness (QED) is 0.294. The summed E-state index contributed by atoms with van der Waals surface area (Å²) in [6.07, 6.45) is 0. The molecule has 0 amide bonds. The number of rotatable bonds is 0. The molecule has 0 saturated heterocycles. The van der Waals surface area contributed by atoms with E-state index in [4.69, 9.17) is 13.3 Å². The van der Waals surface area contributed by atoms with Gasteiger partial charge in [-0.2, -0.15) is 0 Å². The summed E-state index contributed by atoms with van der Waals surface area (Å²) in [6.45, 7) is 0. The van der Waals surface area contributed by atoms with Gasteiger partial charge in [-0.1, -0.05) is 0 Å². The predicted octanol–water partition coefficient (Wildman–Crippen LogP) is -1.88. The van der Waals surface area contributed by atoms with Crippen molar-refractivity contribution in [3.05, 3.63) is 0 Å². The maximum atomic E-state index is 8.44. The van der Waals surface area contributed by atoms with Crippen molar-refractivity contribution in [1.82, 2.24) is 0 Å². The van der Waals surface area contributed by atoms with E-state index in [0.29, 0.717) is 0 Å². The Hall–Kier alpha value is 1.56. The van der Waals surface area contributed by atoms with Crippen molar-refractivity contribution in [1.29, 1.82) is 0 Å². The fourth-order valence-electron chi connectivity index (χ4n) is 0. The fourth-order valence-corrected chi connectivity index (χ4v) is 0. The molecule has 0 spiro atoms. The van der Waals surface area contributed by atoms with Gasteiger partial charge >= 0.3 is 46.1 Å². The molecule has 0 fully saturated rings. The van der Waals surface area contributed by atoms with E-state index in [2.05, 4.69) is 0 Å². The molecule has 0 aliphatic rings. The van der Waals surface area contributed by atoms with Gasteiger partial charge in [0.25, 0.3) is 0 Å². The summed E-state index contributed by atoms with van der Waals surface area (Å²) in [6, 6.07) is 0. The van der Waals surface area contributed by atoms with Crippen LogP contribution in [0.3, 0.4) is 0 Å². The molecular weight excluding hydrogens is 145 g/mol. The summed E-state index contributed by atoms with van der Waals surface area (Å²) < 4.78 is 25.3. The van der Waals surface area contributed by atoms with E-state index in [-0.39, 0.29) is 51.6 Å². The predicted molar refractivity (Wildman–Crippen MR) is 21.9 cm³/mol. The summed E-state index contributed by atoms with van der Waals surface area (Å²) >= 11 is -3.11. The van der Waals surface area contributed by atoms with Crippen molar-refractivity contribution in [3.8, 4) is 0 Å². The second-order valence-corrected chi connectivity index (χ2v) is 0.612. The van der Waals surface area contributed by atoms with Crippen molar-refractivity contribution in [3.63, 3.8) is 0 Å². The zero-order chi connectivity index (χ0) is 3.58. The van der Waals surface area contributed by atoms with Gasteiger partial charge in [0, 0.05) is 0 Å². The monoisotopic (exact) mass is 144 g/mol. The molecule has 7 heteroatoms. The molecule has 34 valence electrons. The van der Waals surface area contributed by atoms with E-state index in [9.17, 15) is 0 Å². The zero-order valence-electron chi connectivity index (χ0n) is 3.46. The minimum atomic E-state index is -3.11. The first-order valence-electron chi connectivity index (χ1n) is 0.500. The molecule has 0 aliphatic carbocycles. The molecule has 0 aromatic heterocycles. The van der Waals surface area contributed by atoms with Gasteiger partial charge in [-0.25, -0.2) is 0 Å². The molecule has 0 aliphatic heterocycles. The van der Waals surface area contributed by atoms with Gasteiger partial charge in [0.1, 0.15) is 0 Å². The van der Waals surface area contributed by atoms with Crippen molar-refractivity contribution in [2.45, 2.75) is 0 Å². The summed E-state index contributed by atoms with van der Waals surface area (Å²) in [4.78, 5) is 0. The zero-order valence-corrected chi connectivity index (χ0v) is 7.10. The normalized spacial score (nSPS) is 5.00. The minimum Gasteiger partial charge on any atom is -2.00 e. The summed E-state index contributed by atoms with van der Waals surface area (Å²) in [5.41, 5.74) is 0. The van der Waals surface area contributed by atoms with Crippen LogP contribution in [-0.4, -0.2) is 59.4 Å². The molecule has 0 N–H and O–H groups in total. The SMILES string of the molecule is O=S([O-])[O-].[Mg+2].[Mg+2].[O-2]. The fraction of sp³-hybridized carbons (Fsp3) is 0. The molecular formula is Mg2O4S. The van der Waals surface area contributed by atoms with E-state index < -0.39 is 11.4 Å². The van der Waals surface area contributed by atoms with Crippen LogP contribution in [0.4, 0.5) is 0 Å². The Morgan fingerprint density at radius 1 is 1.14 bits per heavy atom. The van der Waals surface area contributed by atoms with Gasteiger partial charge in [-0.05, 0) is 0 Å². The van der Waals surface area contributed by atoms with Crippen LogP contribution >= 0.6 is 0 Å². The van der Waals surface area contributed by atoms with E-state index in [1.807, 2.05) is 0 Å². The largest absolute Gasteiger partial charge is 2.00 e. The van der Waals surface area contributed by atoms with Gasteiger partial charge in [0.05, 0.1) is 0 Å². The Morgan fingerprint density at radius 3 is 1.14 bits per heavy atom. The maximum absolute atomic E-state index is 8.44. The standard InChI is InChI=1S/2Mg.H2O3S.O/c;;1-4(2)3;/h;;(H2,1,2,3);/q2*+2;;-2/p-2. The third-order valence-corrected chi connectivity index (χ3v) is 0. The summed E-state index contributed by atoms with van der Waals surface area (Å²) in [5, 5.41) is 0. The molecule has 0 atom stereocenters. The molecule has 0 radical (unpaired) electrons. The van der Waals surface area contributed by atoms with Crippen LogP contribution in [0.2, 0.25) is 0 Å². The molecule has 0 heterocycles. The average molecular weight is 145 g/mol. The van der Waals surface area contributed by atoms with Gasteiger partial charge < -0.3 is 14.6 Å². The van der Waals surface area contributed by atoms with E-state index in [1.54, 1.807) is 0 Å². The van der Waals surface area contributed by atoms with E-state index in [0.717, 1.165) is 0 Å². The Labute approximate surface area is 75.8 Å². The number of hydrogen-bond acceptors (Lipinski definition) is 3. The van der Waals surface area contributed by atoms with Crippen LogP contribution in [0.25, 0.3) is 0 Å². The first-order chi connectivity index (χ1) is 1.73. The van der Waals surface area contributed by atoms with E-state index in [1.165, 1.54) is 0 Å². The van der Waals surface area contributed by atoms with Crippen LogP contribution in [0, 0.1) is 0 Å². The molecule has 7 heavy (non-hydrogen) atoms. The Bertz CT molecular complexity index is 32.7. The van der Waals surface area contributed by atoms with Crippen LogP contribution in [0.15, 0.2) is 0 Å². The van der Waals surface area contributed by atoms with Crippen molar-refractivity contribution in [2.75, 3.05) is 0 Å². The van der Waals surface area contributed by atoms with E-state index >= 15 is 0 Å². The summed E-state index contributed by atoms with van der Waals surface area (Å²) in [7, 11) is 0. The molecule has 0 bridgehead atoms. The molecule has 0 saturated carbocycles. The number of hydrogen-bond donors (Lipinski definition) is 0. The van der Waals surface area contributed by atoms with Crippen molar-refractivity contribution in [2.24, 2.45) is 0 Å². The van der Waals surface area contributed by atoms with Crippen LogP contribution in [-0.2, 0) is 16.8 Å². The van der Waals surface area contributed by atoms with Crippen LogP contribution < -0.4 is 0 Å². The van der Waals surface area contributed by atoms with Gasteiger partial charge in [-0.15, -0.1) is 11.4 Å². The minimum absolute atomic E-state index is 0. The van der Waals surface area contributed by atoms with Gasteiger partial charge in [0.15, 0.2) is 0 Å². The molecule has 0 aromatic rings. The smallest absolute Gasteiger partial charge is 2.00 e. The second-order valence-electron chi connectivity index (χ2n) is 0.204. The Balaban J connectivity index is -0.0000000150. The molecule has 0 unspecified atom stereocenters. The van der Waals surface area contributed by atoms with Crippen molar-refractivity contribution >= 4 is 57.5 Å². The van der Waals surface area contributed by atoms with Crippen LogP contribution in [0.1, 0.15) is 0 Å².